The molecular formula is C10H7FO. The van der Waals surface area contributed by atoms with Crippen molar-refractivity contribution in [2.75, 3.05) is 0 Å². The normalized spacial score (nSPS) is 9.08. The first-order valence-corrected chi connectivity index (χ1v) is 3.42. The third-order valence-corrected chi connectivity index (χ3v) is 1.58. The number of hydrogen-bond donors (Lipinski definition) is 0. The molecule has 2 heteroatoms. The molecule has 0 aliphatic heterocycles. The van der Waals surface area contributed by atoms with Gasteiger partial charge >= 0.3 is 0 Å². The van der Waals surface area contributed by atoms with Crippen molar-refractivity contribution >= 4 is 5.78 Å². The summed E-state index contributed by atoms with van der Waals surface area (Å²) in [5.41, 5.74) is 0.955. The van der Waals surface area contributed by atoms with E-state index in [1.54, 1.807) is 6.92 Å². The number of halogens is 1. The highest BCUT2D eigenvalue weighted by atomic mass is 19.1. The van der Waals surface area contributed by atoms with E-state index in [1.165, 1.54) is 12.1 Å². The summed E-state index contributed by atoms with van der Waals surface area (Å²) < 4.78 is 12.6. The molecule has 0 aliphatic rings. The SMILES string of the molecule is C#CC(=O)c1cc(F)ccc1C. The summed E-state index contributed by atoms with van der Waals surface area (Å²) in [5, 5.41) is 0. The summed E-state index contributed by atoms with van der Waals surface area (Å²) in [6.45, 7) is 1.71. The first kappa shape index (κ1) is 8.48. The van der Waals surface area contributed by atoms with Crippen molar-refractivity contribution in [2.45, 2.75) is 6.92 Å². The standard InChI is InChI=1S/C10H7FO/c1-3-10(12)9-6-8(11)5-4-7(9)2/h1,4-6H,2H3. The number of terminal acetylenes is 1. The van der Waals surface area contributed by atoms with Crippen LogP contribution in [-0.4, -0.2) is 5.78 Å². The average Bonchev–Trinajstić information content (AvgIpc) is 2.08. The highest BCUT2D eigenvalue weighted by Crippen LogP contribution is 2.10. The molecule has 0 heterocycles. The quantitative estimate of drug-likeness (QED) is 0.350. The van der Waals surface area contributed by atoms with Crippen molar-refractivity contribution in [3.05, 3.63) is 35.1 Å². The number of rotatable bonds is 1. The fourth-order valence-electron chi connectivity index (χ4n) is 0.917. The van der Waals surface area contributed by atoms with Crippen molar-refractivity contribution < 1.29 is 9.18 Å². The van der Waals surface area contributed by atoms with Crippen molar-refractivity contribution in [2.24, 2.45) is 0 Å². The lowest BCUT2D eigenvalue weighted by atomic mass is 10.1. The Morgan fingerprint density at radius 3 is 2.83 bits per heavy atom. The summed E-state index contributed by atoms with van der Waals surface area (Å²) in [7, 11) is 0. The molecule has 1 aromatic carbocycles. The smallest absolute Gasteiger partial charge is 0.235 e. The van der Waals surface area contributed by atoms with E-state index < -0.39 is 11.6 Å². The minimum atomic E-state index is -0.480. The molecule has 0 fully saturated rings. The molecule has 12 heavy (non-hydrogen) atoms. The van der Waals surface area contributed by atoms with Crippen LogP contribution < -0.4 is 0 Å². The van der Waals surface area contributed by atoms with Crippen molar-refractivity contribution in [1.82, 2.24) is 0 Å². The molecule has 0 radical (unpaired) electrons. The zero-order valence-corrected chi connectivity index (χ0v) is 6.60. The number of ketones is 1. The second kappa shape index (κ2) is 3.19. The molecule has 0 amide bonds. The van der Waals surface area contributed by atoms with Crippen molar-refractivity contribution in [1.29, 1.82) is 0 Å². The zero-order chi connectivity index (χ0) is 9.14. The molecule has 0 unspecified atom stereocenters. The predicted molar refractivity (Wildman–Crippen MR) is 44.3 cm³/mol. The van der Waals surface area contributed by atoms with E-state index in [9.17, 15) is 9.18 Å². The number of hydrogen-bond acceptors (Lipinski definition) is 1. The van der Waals surface area contributed by atoms with Gasteiger partial charge in [0.1, 0.15) is 5.82 Å². The van der Waals surface area contributed by atoms with Gasteiger partial charge in [-0.3, -0.25) is 4.79 Å². The summed E-state index contributed by atoms with van der Waals surface area (Å²) >= 11 is 0. The van der Waals surface area contributed by atoms with E-state index in [4.69, 9.17) is 6.42 Å². The molecule has 1 rings (SSSR count). The molecule has 0 saturated carbocycles. The minimum absolute atomic E-state index is 0.262. The van der Waals surface area contributed by atoms with Crippen LogP contribution in [0.5, 0.6) is 0 Å². The second-order valence-electron chi connectivity index (χ2n) is 2.43. The summed E-state index contributed by atoms with van der Waals surface area (Å²) in [4.78, 5) is 11.0. The molecule has 1 aromatic rings. The van der Waals surface area contributed by atoms with Gasteiger partial charge in [0.25, 0.3) is 0 Å². The maximum Gasteiger partial charge on any atom is 0.235 e. The van der Waals surface area contributed by atoms with E-state index in [1.807, 2.05) is 5.92 Å². The lowest BCUT2D eigenvalue weighted by molar-refractivity contribution is 0.105. The molecule has 1 nitrogen and oxygen atoms in total. The predicted octanol–water partition coefficient (Wildman–Crippen LogP) is 1.95. The molecule has 0 spiro atoms. The third kappa shape index (κ3) is 1.51. The lowest BCUT2D eigenvalue weighted by Gasteiger charge is -1.99. The Morgan fingerprint density at radius 2 is 2.25 bits per heavy atom. The fraction of sp³-hybridized carbons (Fsp3) is 0.100. The van der Waals surface area contributed by atoms with Gasteiger partial charge < -0.3 is 0 Å². The Labute approximate surface area is 70.2 Å². The summed E-state index contributed by atoms with van der Waals surface area (Å²) in [5.74, 6) is 1.02. The van der Waals surface area contributed by atoms with E-state index in [-0.39, 0.29) is 5.56 Å². The van der Waals surface area contributed by atoms with Gasteiger partial charge in [0.2, 0.25) is 5.78 Å². The van der Waals surface area contributed by atoms with Crippen LogP contribution in [0.25, 0.3) is 0 Å². The van der Waals surface area contributed by atoms with E-state index in [0.717, 1.165) is 6.07 Å². The largest absolute Gasteiger partial charge is 0.279 e. The van der Waals surface area contributed by atoms with E-state index in [0.29, 0.717) is 5.56 Å². The average molecular weight is 162 g/mol. The molecule has 0 bridgehead atoms. The third-order valence-electron chi connectivity index (χ3n) is 1.58. The van der Waals surface area contributed by atoms with Crippen LogP contribution in [0.3, 0.4) is 0 Å². The van der Waals surface area contributed by atoms with Crippen LogP contribution >= 0.6 is 0 Å². The Hall–Kier alpha value is -1.62. The van der Waals surface area contributed by atoms with Gasteiger partial charge in [0, 0.05) is 5.56 Å². The Kier molecular flexibility index (Phi) is 2.25. The zero-order valence-electron chi connectivity index (χ0n) is 6.60. The molecule has 0 aliphatic carbocycles. The van der Waals surface area contributed by atoms with Crippen LogP contribution in [0.2, 0.25) is 0 Å². The van der Waals surface area contributed by atoms with Crippen LogP contribution in [-0.2, 0) is 0 Å². The van der Waals surface area contributed by atoms with Crippen LogP contribution in [0.4, 0.5) is 4.39 Å². The van der Waals surface area contributed by atoms with E-state index in [2.05, 4.69) is 0 Å². The summed E-state index contributed by atoms with van der Waals surface area (Å²) in [6, 6.07) is 3.97. The molecular weight excluding hydrogens is 155 g/mol. The van der Waals surface area contributed by atoms with Gasteiger partial charge in [0.05, 0.1) is 0 Å². The fourth-order valence-corrected chi connectivity index (χ4v) is 0.917. The van der Waals surface area contributed by atoms with Gasteiger partial charge in [0.15, 0.2) is 0 Å². The van der Waals surface area contributed by atoms with Gasteiger partial charge in [-0.25, -0.2) is 4.39 Å². The van der Waals surface area contributed by atoms with Gasteiger partial charge in [-0.15, -0.1) is 6.42 Å². The number of aryl methyl sites for hydroxylation is 1. The summed E-state index contributed by atoms with van der Waals surface area (Å²) in [6.07, 6.45) is 4.90. The Bertz CT molecular complexity index is 361. The molecule has 0 atom stereocenters. The lowest BCUT2D eigenvalue weighted by Crippen LogP contribution is -1.98. The van der Waals surface area contributed by atoms with Crippen LogP contribution in [0.15, 0.2) is 18.2 Å². The monoisotopic (exact) mass is 162 g/mol. The molecule has 0 saturated heterocycles. The van der Waals surface area contributed by atoms with Crippen molar-refractivity contribution in [3.63, 3.8) is 0 Å². The first-order valence-electron chi connectivity index (χ1n) is 3.42. The molecule has 0 aromatic heterocycles. The number of Topliss-reactive ketones (excluding diaryl/α,β-unsaturated/α-hetero) is 1. The van der Waals surface area contributed by atoms with E-state index >= 15 is 0 Å². The Morgan fingerprint density at radius 1 is 1.58 bits per heavy atom. The first-order chi connectivity index (χ1) is 5.65. The Balaban J connectivity index is 3.25. The number of carbonyl (C=O) groups excluding carboxylic acids is 1. The molecule has 60 valence electrons. The van der Waals surface area contributed by atoms with Gasteiger partial charge in [-0.2, -0.15) is 0 Å². The van der Waals surface area contributed by atoms with Crippen LogP contribution in [0, 0.1) is 25.1 Å². The van der Waals surface area contributed by atoms with Gasteiger partial charge in [-0.1, -0.05) is 6.07 Å². The van der Waals surface area contributed by atoms with Crippen molar-refractivity contribution in [3.8, 4) is 12.3 Å². The minimum Gasteiger partial charge on any atom is -0.279 e. The van der Waals surface area contributed by atoms with Crippen LogP contribution in [0.1, 0.15) is 15.9 Å². The number of carbonyl (C=O) groups is 1. The highest BCUT2D eigenvalue weighted by molar-refractivity contribution is 6.09. The second-order valence-corrected chi connectivity index (χ2v) is 2.43. The maximum absolute atomic E-state index is 12.6. The number of benzene rings is 1. The van der Waals surface area contributed by atoms with Gasteiger partial charge in [-0.05, 0) is 30.5 Å². The molecule has 0 N–H and O–H groups in total. The highest BCUT2D eigenvalue weighted by Gasteiger charge is 2.06. The maximum atomic E-state index is 12.6. The topological polar surface area (TPSA) is 17.1 Å².